The zero-order chi connectivity index (χ0) is 20.1. The number of piperidine rings is 1. The fourth-order valence-corrected chi connectivity index (χ4v) is 3.50. The van der Waals surface area contributed by atoms with Crippen LogP contribution >= 0.6 is 0 Å². The van der Waals surface area contributed by atoms with Crippen LogP contribution in [0.1, 0.15) is 18.4 Å². The first-order valence-corrected chi connectivity index (χ1v) is 9.27. The fraction of sp³-hybridized carbons (Fsp3) is 0.318. The number of amides is 1. The summed E-state index contributed by atoms with van der Waals surface area (Å²) in [7, 11) is 1.58. The Morgan fingerprint density at radius 2 is 1.68 bits per heavy atom. The van der Waals surface area contributed by atoms with Crippen molar-refractivity contribution in [2.75, 3.05) is 25.0 Å². The standard InChI is InChI=1S/C22H23F3N2O/c1-26(19-13-8-14-27(16-19)18-11-6-3-7-12-18)21(28)15-20(22(23,24)25)17-9-4-2-5-10-17/h2-7,9-12,15,19H,8,13-14,16H2,1H3/b20-15+/t19-/m0/s1. The Labute approximate surface area is 163 Å². The third kappa shape index (κ3) is 4.74. The van der Waals surface area contributed by atoms with E-state index in [4.69, 9.17) is 0 Å². The Morgan fingerprint density at radius 1 is 1.07 bits per heavy atom. The highest BCUT2D eigenvalue weighted by atomic mass is 19.4. The minimum atomic E-state index is -4.60. The van der Waals surface area contributed by atoms with Gasteiger partial charge in [-0.25, -0.2) is 0 Å². The summed E-state index contributed by atoms with van der Waals surface area (Å²) in [5.41, 5.74) is 0.135. The second-order valence-electron chi connectivity index (χ2n) is 6.95. The van der Waals surface area contributed by atoms with Crippen molar-refractivity contribution in [3.8, 4) is 0 Å². The maximum atomic E-state index is 13.5. The molecule has 0 N–H and O–H groups in total. The molecule has 1 saturated heterocycles. The van der Waals surface area contributed by atoms with Crippen LogP contribution < -0.4 is 4.90 Å². The maximum Gasteiger partial charge on any atom is 0.417 e. The van der Waals surface area contributed by atoms with Crippen LogP contribution in [0.3, 0.4) is 0 Å². The van der Waals surface area contributed by atoms with Crippen molar-refractivity contribution in [2.45, 2.75) is 25.1 Å². The lowest BCUT2D eigenvalue weighted by Gasteiger charge is -2.38. The number of nitrogens with zero attached hydrogens (tertiary/aromatic N) is 2. The number of carbonyl (C=O) groups excluding carboxylic acids is 1. The van der Waals surface area contributed by atoms with Gasteiger partial charge in [0, 0.05) is 37.9 Å². The first-order valence-electron chi connectivity index (χ1n) is 9.27. The average molecular weight is 388 g/mol. The van der Waals surface area contributed by atoms with Gasteiger partial charge in [0.2, 0.25) is 5.91 Å². The molecule has 3 nitrogen and oxygen atoms in total. The molecule has 0 aromatic heterocycles. The Bertz CT molecular complexity index is 819. The molecule has 1 amide bonds. The molecule has 6 heteroatoms. The van der Waals surface area contributed by atoms with Gasteiger partial charge in [0.05, 0.1) is 5.57 Å². The van der Waals surface area contributed by atoms with Crippen LogP contribution in [0.2, 0.25) is 0 Å². The van der Waals surface area contributed by atoms with E-state index in [2.05, 4.69) is 4.90 Å². The number of hydrogen-bond donors (Lipinski definition) is 0. The van der Waals surface area contributed by atoms with Crippen LogP contribution in [0.5, 0.6) is 0 Å². The molecule has 1 heterocycles. The molecule has 148 valence electrons. The Hall–Kier alpha value is -2.76. The van der Waals surface area contributed by atoms with E-state index in [1.807, 2.05) is 30.3 Å². The molecule has 0 radical (unpaired) electrons. The smallest absolute Gasteiger partial charge is 0.369 e. The van der Waals surface area contributed by atoms with Crippen LogP contribution in [0, 0.1) is 0 Å². The number of benzene rings is 2. The SMILES string of the molecule is CN(C(=O)/C=C(\c1ccccc1)C(F)(F)F)[C@H]1CCCN(c2ccccc2)C1. The topological polar surface area (TPSA) is 23.6 Å². The predicted octanol–water partition coefficient (Wildman–Crippen LogP) is 4.76. The van der Waals surface area contributed by atoms with Gasteiger partial charge in [-0.2, -0.15) is 13.2 Å². The fourth-order valence-electron chi connectivity index (χ4n) is 3.50. The van der Waals surface area contributed by atoms with Crippen LogP contribution in [-0.4, -0.2) is 43.2 Å². The van der Waals surface area contributed by atoms with Crippen molar-refractivity contribution in [2.24, 2.45) is 0 Å². The molecule has 0 unspecified atom stereocenters. The number of halogens is 3. The van der Waals surface area contributed by atoms with Gasteiger partial charge in [0.15, 0.2) is 0 Å². The summed E-state index contributed by atoms with van der Waals surface area (Å²) in [5.74, 6) is -0.629. The molecular weight excluding hydrogens is 365 g/mol. The van der Waals surface area contributed by atoms with E-state index in [9.17, 15) is 18.0 Å². The van der Waals surface area contributed by atoms with E-state index in [1.165, 1.54) is 29.2 Å². The molecular formula is C22H23F3N2O. The Morgan fingerprint density at radius 3 is 2.29 bits per heavy atom. The summed E-state index contributed by atoms with van der Waals surface area (Å²) in [6.07, 6.45) is -2.23. The molecule has 0 aliphatic carbocycles. The van der Waals surface area contributed by atoms with Gasteiger partial charge < -0.3 is 9.80 Å². The molecule has 2 aromatic rings. The van der Waals surface area contributed by atoms with E-state index >= 15 is 0 Å². The molecule has 0 saturated carbocycles. The first-order chi connectivity index (χ1) is 13.4. The number of likely N-dealkylation sites (N-methyl/N-ethyl adjacent to an activating group) is 1. The summed E-state index contributed by atoms with van der Waals surface area (Å²) in [6, 6.07) is 17.1. The predicted molar refractivity (Wildman–Crippen MR) is 105 cm³/mol. The van der Waals surface area contributed by atoms with Crippen molar-refractivity contribution >= 4 is 17.2 Å². The molecule has 0 spiro atoms. The molecule has 2 aromatic carbocycles. The highest BCUT2D eigenvalue weighted by Gasteiger charge is 2.36. The molecule has 1 fully saturated rings. The summed E-state index contributed by atoms with van der Waals surface area (Å²) in [6.45, 7) is 1.48. The molecule has 1 aliphatic rings. The quantitative estimate of drug-likeness (QED) is 0.705. The minimum Gasteiger partial charge on any atom is -0.369 e. The third-order valence-electron chi connectivity index (χ3n) is 5.07. The van der Waals surface area contributed by atoms with Gasteiger partial charge in [-0.15, -0.1) is 0 Å². The number of hydrogen-bond acceptors (Lipinski definition) is 2. The first kappa shape index (κ1) is 20.0. The van der Waals surface area contributed by atoms with E-state index in [0.29, 0.717) is 6.54 Å². The van der Waals surface area contributed by atoms with Crippen molar-refractivity contribution < 1.29 is 18.0 Å². The van der Waals surface area contributed by atoms with Crippen molar-refractivity contribution in [1.82, 2.24) is 4.90 Å². The molecule has 1 aliphatic heterocycles. The number of carbonyl (C=O) groups is 1. The Kier molecular flexibility index (Phi) is 6.07. The second kappa shape index (κ2) is 8.50. The maximum absolute atomic E-state index is 13.5. The average Bonchev–Trinajstić information content (AvgIpc) is 2.72. The van der Waals surface area contributed by atoms with Gasteiger partial charge in [0.1, 0.15) is 0 Å². The number of para-hydroxylation sites is 1. The van der Waals surface area contributed by atoms with Crippen LogP contribution in [0.4, 0.5) is 18.9 Å². The van der Waals surface area contributed by atoms with E-state index in [0.717, 1.165) is 31.1 Å². The number of alkyl halides is 3. The van der Waals surface area contributed by atoms with Crippen LogP contribution in [0.15, 0.2) is 66.7 Å². The summed E-state index contributed by atoms with van der Waals surface area (Å²) in [4.78, 5) is 16.3. The normalized spacial score (nSPS) is 18.1. The monoisotopic (exact) mass is 388 g/mol. The number of rotatable bonds is 4. The van der Waals surface area contributed by atoms with Crippen molar-refractivity contribution in [3.63, 3.8) is 0 Å². The van der Waals surface area contributed by atoms with E-state index in [-0.39, 0.29) is 11.6 Å². The summed E-state index contributed by atoms with van der Waals surface area (Å²) >= 11 is 0. The number of allylic oxidation sites excluding steroid dienone is 1. The zero-order valence-electron chi connectivity index (χ0n) is 15.7. The molecule has 28 heavy (non-hydrogen) atoms. The van der Waals surface area contributed by atoms with Gasteiger partial charge in [-0.05, 0) is 30.5 Å². The van der Waals surface area contributed by atoms with Gasteiger partial charge >= 0.3 is 6.18 Å². The van der Waals surface area contributed by atoms with Gasteiger partial charge in [0.25, 0.3) is 0 Å². The van der Waals surface area contributed by atoms with Gasteiger partial charge in [-0.3, -0.25) is 4.79 Å². The van der Waals surface area contributed by atoms with Crippen LogP contribution in [0.25, 0.3) is 5.57 Å². The van der Waals surface area contributed by atoms with E-state index in [1.54, 1.807) is 13.1 Å². The van der Waals surface area contributed by atoms with E-state index < -0.39 is 17.7 Å². The number of anilines is 1. The summed E-state index contributed by atoms with van der Waals surface area (Å²) < 4.78 is 40.5. The largest absolute Gasteiger partial charge is 0.417 e. The van der Waals surface area contributed by atoms with Gasteiger partial charge in [-0.1, -0.05) is 48.5 Å². The van der Waals surface area contributed by atoms with Crippen LogP contribution in [-0.2, 0) is 4.79 Å². The Balaban J connectivity index is 1.78. The van der Waals surface area contributed by atoms with Crippen molar-refractivity contribution in [1.29, 1.82) is 0 Å². The molecule has 0 bridgehead atoms. The zero-order valence-corrected chi connectivity index (χ0v) is 15.7. The summed E-state index contributed by atoms with van der Waals surface area (Å²) in [5, 5.41) is 0. The highest BCUT2D eigenvalue weighted by Crippen LogP contribution is 2.34. The molecule has 3 rings (SSSR count). The molecule has 1 atom stereocenters. The lowest BCUT2D eigenvalue weighted by atomic mass is 10.0. The second-order valence-corrected chi connectivity index (χ2v) is 6.95. The minimum absolute atomic E-state index is 0.00805. The third-order valence-corrected chi connectivity index (χ3v) is 5.07. The van der Waals surface area contributed by atoms with Crippen molar-refractivity contribution in [3.05, 3.63) is 72.3 Å². The lowest BCUT2D eigenvalue weighted by Crippen LogP contribution is -2.48. The lowest BCUT2D eigenvalue weighted by molar-refractivity contribution is -0.127. The highest BCUT2D eigenvalue weighted by molar-refractivity contribution is 5.96.